The molecule has 0 spiro atoms. The van der Waals surface area contributed by atoms with Crippen molar-refractivity contribution in [1.29, 1.82) is 0 Å². The average Bonchev–Trinajstić information content (AvgIpc) is 3.27. The van der Waals surface area contributed by atoms with Crippen molar-refractivity contribution >= 4 is 23.4 Å². The Balaban J connectivity index is 1.62. The summed E-state index contributed by atoms with van der Waals surface area (Å²) in [4.78, 5) is 24.6. The fourth-order valence-electron chi connectivity index (χ4n) is 3.06. The minimum Gasteiger partial charge on any atom is -0.376 e. The number of thioether (sulfide) groups is 1. The zero-order valence-electron chi connectivity index (χ0n) is 16.8. The quantitative estimate of drug-likeness (QED) is 0.722. The van der Waals surface area contributed by atoms with Gasteiger partial charge in [0.15, 0.2) is 5.16 Å². The number of amides is 1. The van der Waals surface area contributed by atoms with Crippen LogP contribution in [0.1, 0.15) is 46.1 Å². The van der Waals surface area contributed by atoms with Gasteiger partial charge in [-0.2, -0.15) is 0 Å². The van der Waals surface area contributed by atoms with Gasteiger partial charge >= 0.3 is 5.69 Å². The molecule has 1 aliphatic heterocycles. The van der Waals surface area contributed by atoms with Crippen LogP contribution in [0.4, 0.5) is 5.69 Å². The third-order valence-electron chi connectivity index (χ3n) is 4.80. The molecule has 2 heterocycles. The first-order chi connectivity index (χ1) is 13.2. The van der Waals surface area contributed by atoms with Gasteiger partial charge in [0.1, 0.15) is 0 Å². The van der Waals surface area contributed by atoms with Gasteiger partial charge in [-0.1, -0.05) is 44.7 Å². The van der Waals surface area contributed by atoms with Crippen molar-refractivity contribution in [1.82, 2.24) is 14.8 Å². The highest BCUT2D eigenvalue weighted by atomic mass is 32.2. The number of H-pyrrole nitrogens is 1. The Morgan fingerprint density at radius 1 is 1.39 bits per heavy atom. The van der Waals surface area contributed by atoms with E-state index in [1.54, 1.807) is 11.5 Å². The zero-order valence-corrected chi connectivity index (χ0v) is 17.6. The summed E-state index contributed by atoms with van der Waals surface area (Å²) in [6, 6.07) is 7.89. The van der Waals surface area contributed by atoms with E-state index < -0.39 is 5.25 Å². The maximum Gasteiger partial charge on any atom is 0.344 e. The van der Waals surface area contributed by atoms with Gasteiger partial charge in [-0.3, -0.25) is 9.36 Å². The highest BCUT2D eigenvalue weighted by Crippen LogP contribution is 2.25. The van der Waals surface area contributed by atoms with Crippen molar-refractivity contribution < 1.29 is 9.53 Å². The lowest BCUT2D eigenvalue weighted by Crippen LogP contribution is -2.27. The number of aromatic amines is 1. The molecule has 1 fully saturated rings. The fraction of sp³-hybridized carbons (Fsp3) is 0.550. The Morgan fingerprint density at radius 3 is 2.71 bits per heavy atom. The van der Waals surface area contributed by atoms with E-state index in [1.165, 1.54) is 17.3 Å². The summed E-state index contributed by atoms with van der Waals surface area (Å²) in [5.74, 6) is -0.132. The van der Waals surface area contributed by atoms with Crippen LogP contribution in [0.15, 0.2) is 34.2 Å². The number of hydrogen-bond donors (Lipinski definition) is 2. The lowest BCUT2D eigenvalue weighted by Gasteiger charge is -2.19. The molecule has 0 saturated carbocycles. The highest BCUT2D eigenvalue weighted by Gasteiger charge is 2.23. The molecule has 1 aliphatic rings. The molecule has 3 rings (SSSR count). The molecule has 1 aromatic carbocycles. The molecule has 28 heavy (non-hydrogen) atoms. The molecule has 2 atom stereocenters. The molecular weight excluding hydrogens is 376 g/mol. The van der Waals surface area contributed by atoms with E-state index in [0.29, 0.717) is 11.7 Å². The molecule has 152 valence electrons. The van der Waals surface area contributed by atoms with E-state index in [1.807, 2.05) is 24.3 Å². The van der Waals surface area contributed by atoms with Gasteiger partial charge in [0.2, 0.25) is 5.91 Å². The maximum atomic E-state index is 12.6. The minimum atomic E-state index is -0.402. The summed E-state index contributed by atoms with van der Waals surface area (Å²) in [6.45, 7) is 9.45. The second-order valence-electron chi connectivity index (χ2n) is 8.13. The molecule has 7 nitrogen and oxygen atoms in total. The molecule has 2 aromatic rings. The van der Waals surface area contributed by atoms with Crippen LogP contribution in [0, 0.1) is 0 Å². The van der Waals surface area contributed by atoms with E-state index in [-0.39, 0.29) is 23.1 Å². The first-order valence-electron chi connectivity index (χ1n) is 9.59. The number of ether oxygens (including phenoxy) is 1. The van der Waals surface area contributed by atoms with E-state index in [2.05, 4.69) is 36.3 Å². The van der Waals surface area contributed by atoms with Gasteiger partial charge in [0.05, 0.1) is 17.9 Å². The zero-order chi connectivity index (χ0) is 20.3. The Bertz CT molecular complexity index is 861. The second-order valence-corrected chi connectivity index (χ2v) is 9.44. The van der Waals surface area contributed by atoms with Crippen LogP contribution in [0.25, 0.3) is 0 Å². The van der Waals surface area contributed by atoms with Gasteiger partial charge in [-0.25, -0.2) is 9.89 Å². The van der Waals surface area contributed by atoms with Gasteiger partial charge in [-0.05, 0) is 42.9 Å². The van der Waals surface area contributed by atoms with Crippen LogP contribution in [0.5, 0.6) is 0 Å². The standard InChI is InChI=1S/C20H28N4O3S/c1-13(17(25)21-15-9-7-14(8-10-15)20(2,3)4)28-19-23-22-18(26)24(19)12-16-6-5-11-27-16/h7-10,13,16H,5-6,11-12H2,1-4H3,(H,21,25)(H,22,26). The Labute approximate surface area is 169 Å². The van der Waals surface area contributed by atoms with Crippen molar-refractivity contribution in [2.24, 2.45) is 0 Å². The second kappa shape index (κ2) is 8.53. The Hall–Kier alpha value is -2.06. The topological polar surface area (TPSA) is 89.0 Å². The highest BCUT2D eigenvalue weighted by molar-refractivity contribution is 8.00. The van der Waals surface area contributed by atoms with Crippen molar-refractivity contribution in [3.63, 3.8) is 0 Å². The number of nitrogens with one attached hydrogen (secondary N) is 2. The molecule has 0 radical (unpaired) electrons. The Kier molecular flexibility index (Phi) is 6.30. The third kappa shape index (κ3) is 5.05. The summed E-state index contributed by atoms with van der Waals surface area (Å²) in [7, 11) is 0. The van der Waals surface area contributed by atoms with Crippen molar-refractivity contribution in [3.8, 4) is 0 Å². The Morgan fingerprint density at radius 2 is 2.11 bits per heavy atom. The predicted molar refractivity (Wildman–Crippen MR) is 111 cm³/mol. The monoisotopic (exact) mass is 404 g/mol. The molecule has 2 unspecified atom stereocenters. The number of rotatable bonds is 6. The molecule has 8 heteroatoms. The van der Waals surface area contributed by atoms with Crippen molar-refractivity contribution in [3.05, 3.63) is 40.3 Å². The largest absolute Gasteiger partial charge is 0.376 e. The van der Waals surface area contributed by atoms with E-state index in [4.69, 9.17) is 4.74 Å². The number of anilines is 1. The fourth-order valence-corrected chi connectivity index (χ4v) is 3.92. The van der Waals surface area contributed by atoms with Crippen molar-refractivity contribution in [2.75, 3.05) is 11.9 Å². The van der Waals surface area contributed by atoms with Crippen LogP contribution >= 0.6 is 11.8 Å². The summed E-state index contributed by atoms with van der Waals surface area (Å²) >= 11 is 1.26. The number of aromatic nitrogens is 3. The number of nitrogens with zero attached hydrogens (tertiary/aromatic N) is 2. The van der Waals surface area contributed by atoms with Gasteiger partial charge in [0.25, 0.3) is 0 Å². The molecule has 1 aromatic heterocycles. The number of benzene rings is 1. The first-order valence-corrected chi connectivity index (χ1v) is 10.5. The smallest absolute Gasteiger partial charge is 0.344 e. The number of hydrogen-bond acceptors (Lipinski definition) is 5. The molecule has 2 N–H and O–H groups in total. The summed E-state index contributed by atoms with van der Waals surface area (Å²) < 4.78 is 7.17. The first kappa shape index (κ1) is 20.7. The summed E-state index contributed by atoms with van der Waals surface area (Å²) in [6.07, 6.45) is 1.97. The van der Waals surface area contributed by atoms with E-state index >= 15 is 0 Å². The third-order valence-corrected chi connectivity index (χ3v) is 5.89. The van der Waals surface area contributed by atoms with E-state index in [9.17, 15) is 9.59 Å². The van der Waals surface area contributed by atoms with Crippen LogP contribution in [-0.2, 0) is 21.5 Å². The van der Waals surface area contributed by atoms with Gasteiger partial charge < -0.3 is 10.1 Å². The number of carbonyl (C=O) groups excluding carboxylic acids is 1. The molecule has 0 bridgehead atoms. The van der Waals surface area contributed by atoms with Crippen LogP contribution < -0.4 is 11.0 Å². The van der Waals surface area contributed by atoms with Crippen LogP contribution in [-0.4, -0.2) is 38.6 Å². The van der Waals surface area contributed by atoms with Gasteiger partial charge in [-0.15, -0.1) is 5.10 Å². The van der Waals surface area contributed by atoms with Gasteiger partial charge in [0, 0.05) is 12.3 Å². The minimum absolute atomic E-state index is 0.0279. The normalized spacial score (nSPS) is 18.2. The van der Waals surface area contributed by atoms with Crippen LogP contribution in [0.3, 0.4) is 0 Å². The average molecular weight is 405 g/mol. The number of carbonyl (C=O) groups is 1. The lowest BCUT2D eigenvalue weighted by molar-refractivity contribution is -0.115. The predicted octanol–water partition coefficient (Wildman–Crippen LogP) is 3.17. The van der Waals surface area contributed by atoms with Crippen molar-refractivity contribution in [2.45, 2.75) is 69.0 Å². The SMILES string of the molecule is CC(Sc1n[nH]c(=O)n1CC1CCCO1)C(=O)Nc1ccc(C(C)(C)C)cc1. The molecule has 0 aliphatic carbocycles. The molecule has 1 amide bonds. The van der Waals surface area contributed by atoms with Crippen LogP contribution in [0.2, 0.25) is 0 Å². The summed E-state index contributed by atoms with van der Waals surface area (Å²) in [5.41, 5.74) is 1.76. The molecular formula is C20H28N4O3S. The van der Waals surface area contributed by atoms with E-state index in [0.717, 1.165) is 25.1 Å². The lowest BCUT2D eigenvalue weighted by atomic mass is 9.87. The summed E-state index contributed by atoms with van der Waals surface area (Å²) in [5, 5.41) is 9.59. The maximum absolute atomic E-state index is 12.6. The molecule has 1 saturated heterocycles.